The Morgan fingerprint density at radius 3 is 2.85 bits per heavy atom. The average Bonchev–Trinajstić information content (AvgIpc) is 2.02. The highest BCUT2D eigenvalue weighted by atomic mass is 35.5. The predicted molar refractivity (Wildman–Crippen MR) is 45.6 cm³/mol. The zero-order chi connectivity index (χ0) is 9.42. The van der Waals surface area contributed by atoms with Gasteiger partial charge in [-0.25, -0.2) is 4.79 Å². The summed E-state index contributed by atoms with van der Waals surface area (Å²) in [5.74, 6) is -1.18. The van der Waals surface area contributed by atoms with Crippen molar-refractivity contribution in [1.82, 2.24) is 0 Å². The number of cyclic esters (lactones) is 2. The third-order valence-corrected chi connectivity index (χ3v) is 2.16. The highest BCUT2D eigenvalue weighted by molar-refractivity contribution is 6.34. The molecule has 0 spiro atoms. The van der Waals surface area contributed by atoms with E-state index in [0.29, 0.717) is 16.1 Å². The molecule has 1 aromatic carbocycles. The Morgan fingerprint density at radius 1 is 1.31 bits per heavy atom. The molecule has 3 nitrogen and oxygen atoms in total. The molecule has 0 aromatic heterocycles. The first-order chi connectivity index (χ1) is 6.18. The fraction of sp³-hybridized carbons (Fsp3) is 0.111. The number of carbonyl (C=O) groups is 2. The molecule has 0 aliphatic carbocycles. The Labute approximate surface area is 79.3 Å². The molecule has 1 aromatic rings. The number of carbonyl (C=O) groups excluding carboxylic acids is 2. The van der Waals surface area contributed by atoms with E-state index in [0.717, 1.165) is 0 Å². The lowest BCUT2D eigenvalue weighted by molar-refractivity contribution is -0.137. The quantitative estimate of drug-likeness (QED) is 0.467. The van der Waals surface area contributed by atoms with Crippen LogP contribution in [-0.2, 0) is 16.0 Å². The van der Waals surface area contributed by atoms with Crippen LogP contribution in [0.5, 0.6) is 0 Å². The minimum absolute atomic E-state index is 0.113. The van der Waals surface area contributed by atoms with Gasteiger partial charge in [0.05, 0.1) is 17.0 Å². The standard InChI is InChI=1S/C9H5ClO3/c10-6-3-1-2-5-4-7(11)13-9(12)8(5)6/h1-3H,4H2. The predicted octanol–water partition coefficient (Wildman–Crippen LogP) is 1.58. The van der Waals surface area contributed by atoms with Gasteiger partial charge in [-0.1, -0.05) is 23.7 Å². The van der Waals surface area contributed by atoms with E-state index in [1.54, 1.807) is 18.2 Å². The molecule has 1 aliphatic rings. The second-order valence-electron chi connectivity index (χ2n) is 2.71. The van der Waals surface area contributed by atoms with Gasteiger partial charge in [-0.05, 0) is 11.6 Å². The first kappa shape index (κ1) is 8.26. The van der Waals surface area contributed by atoms with Crippen LogP contribution in [0.1, 0.15) is 15.9 Å². The molecule has 0 bridgehead atoms. The molecule has 0 N–H and O–H groups in total. The molecule has 0 amide bonds. The molecule has 1 aliphatic heterocycles. The van der Waals surface area contributed by atoms with Gasteiger partial charge >= 0.3 is 11.9 Å². The summed E-state index contributed by atoms with van der Waals surface area (Å²) in [6.45, 7) is 0. The molecule has 66 valence electrons. The first-order valence-electron chi connectivity index (χ1n) is 3.71. The molecule has 1 heterocycles. The molecule has 0 fully saturated rings. The van der Waals surface area contributed by atoms with Gasteiger partial charge < -0.3 is 4.74 Å². The summed E-state index contributed by atoms with van der Waals surface area (Å²) >= 11 is 5.77. The zero-order valence-corrected chi connectivity index (χ0v) is 7.30. The number of fused-ring (bicyclic) bond motifs is 1. The van der Waals surface area contributed by atoms with E-state index in [9.17, 15) is 9.59 Å². The maximum Gasteiger partial charge on any atom is 0.347 e. The number of rotatable bonds is 0. The van der Waals surface area contributed by atoms with Crippen LogP contribution in [0.3, 0.4) is 0 Å². The fourth-order valence-electron chi connectivity index (χ4n) is 1.29. The van der Waals surface area contributed by atoms with E-state index in [1.807, 2.05) is 0 Å². The summed E-state index contributed by atoms with van der Waals surface area (Å²) in [7, 11) is 0. The van der Waals surface area contributed by atoms with Crippen molar-refractivity contribution >= 4 is 23.5 Å². The van der Waals surface area contributed by atoms with Crippen molar-refractivity contribution in [2.75, 3.05) is 0 Å². The lowest BCUT2D eigenvalue weighted by atomic mass is 10.0. The topological polar surface area (TPSA) is 43.4 Å². The molecular formula is C9H5ClO3. The van der Waals surface area contributed by atoms with Crippen molar-refractivity contribution in [1.29, 1.82) is 0 Å². The van der Waals surface area contributed by atoms with Crippen molar-refractivity contribution in [2.45, 2.75) is 6.42 Å². The Balaban J connectivity index is 2.61. The third kappa shape index (κ3) is 1.31. The van der Waals surface area contributed by atoms with Gasteiger partial charge in [0.25, 0.3) is 0 Å². The highest BCUT2D eigenvalue weighted by Crippen LogP contribution is 2.24. The number of hydrogen-bond donors (Lipinski definition) is 0. The number of hydrogen-bond acceptors (Lipinski definition) is 3. The van der Waals surface area contributed by atoms with Crippen molar-refractivity contribution in [2.24, 2.45) is 0 Å². The van der Waals surface area contributed by atoms with Crippen molar-refractivity contribution in [3.8, 4) is 0 Å². The summed E-state index contributed by atoms with van der Waals surface area (Å²) in [4.78, 5) is 22.1. The van der Waals surface area contributed by atoms with Crippen LogP contribution in [0.15, 0.2) is 18.2 Å². The second kappa shape index (κ2) is 2.85. The SMILES string of the molecule is O=C1Cc2cccc(Cl)c2C(=O)O1. The van der Waals surface area contributed by atoms with E-state index in [-0.39, 0.29) is 6.42 Å². The molecular weight excluding hydrogens is 192 g/mol. The van der Waals surface area contributed by atoms with E-state index in [2.05, 4.69) is 4.74 Å². The second-order valence-corrected chi connectivity index (χ2v) is 3.12. The normalized spacial score (nSPS) is 15.2. The summed E-state index contributed by atoms with van der Waals surface area (Å²) in [5.41, 5.74) is 0.942. The van der Waals surface area contributed by atoms with Crippen LogP contribution in [0.4, 0.5) is 0 Å². The molecule has 0 radical (unpaired) electrons. The number of esters is 2. The molecule has 2 rings (SSSR count). The zero-order valence-electron chi connectivity index (χ0n) is 6.54. The number of benzene rings is 1. The van der Waals surface area contributed by atoms with E-state index in [4.69, 9.17) is 11.6 Å². The molecule has 0 atom stereocenters. The van der Waals surface area contributed by atoms with Gasteiger partial charge in [-0.2, -0.15) is 0 Å². The molecule has 0 unspecified atom stereocenters. The van der Waals surface area contributed by atoms with Gasteiger partial charge in [0, 0.05) is 0 Å². The monoisotopic (exact) mass is 196 g/mol. The Kier molecular flexibility index (Phi) is 1.81. The van der Waals surface area contributed by atoms with E-state index < -0.39 is 11.9 Å². The maximum atomic E-state index is 11.2. The Bertz CT molecular complexity index is 398. The third-order valence-electron chi connectivity index (χ3n) is 1.85. The van der Waals surface area contributed by atoms with Crippen LogP contribution >= 0.6 is 11.6 Å². The molecule has 0 saturated heterocycles. The van der Waals surface area contributed by atoms with Gasteiger partial charge in [0.15, 0.2) is 0 Å². The van der Waals surface area contributed by atoms with Crippen molar-refractivity contribution in [3.63, 3.8) is 0 Å². The van der Waals surface area contributed by atoms with Gasteiger partial charge in [-0.3, -0.25) is 4.79 Å². The summed E-state index contributed by atoms with van der Waals surface area (Å²) < 4.78 is 4.43. The highest BCUT2D eigenvalue weighted by Gasteiger charge is 2.26. The van der Waals surface area contributed by atoms with Crippen LogP contribution in [0, 0.1) is 0 Å². The Morgan fingerprint density at radius 2 is 2.08 bits per heavy atom. The smallest absolute Gasteiger partial charge is 0.347 e. The van der Waals surface area contributed by atoms with E-state index >= 15 is 0 Å². The number of ether oxygens (including phenoxy) is 1. The largest absolute Gasteiger partial charge is 0.389 e. The lowest BCUT2D eigenvalue weighted by Gasteiger charge is -2.14. The van der Waals surface area contributed by atoms with Gasteiger partial charge in [0.1, 0.15) is 0 Å². The minimum Gasteiger partial charge on any atom is -0.389 e. The minimum atomic E-state index is -0.656. The van der Waals surface area contributed by atoms with E-state index in [1.165, 1.54) is 0 Å². The van der Waals surface area contributed by atoms with Crippen molar-refractivity contribution < 1.29 is 14.3 Å². The molecule has 0 saturated carbocycles. The summed E-state index contributed by atoms with van der Waals surface area (Å²) in [6, 6.07) is 4.99. The summed E-state index contributed by atoms with van der Waals surface area (Å²) in [5, 5.41) is 0.329. The summed E-state index contributed by atoms with van der Waals surface area (Å²) in [6.07, 6.45) is 0.113. The Hall–Kier alpha value is -1.35. The lowest BCUT2D eigenvalue weighted by Crippen LogP contribution is -2.23. The van der Waals surface area contributed by atoms with Gasteiger partial charge in [0.2, 0.25) is 0 Å². The maximum absolute atomic E-state index is 11.2. The first-order valence-corrected chi connectivity index (χ1v) is 4.08. The average molecular weight is 197 g/mol. The fourth-order valence-corrected chi connectivity index (χ4v) is 1.56. The molecule has 4 heteroatoms. The molecule has 13 heavy (non-hydrogen) atoms. The van der Waals surface area contributed by atoms with Crippen molar-refractivity contribution in [3.05, 3.63) is 34.3 Å². The van der Waals surface area contributed by atoms with Crippen LogP contribution < -0.4 is 0 Å². The van der Waals surface area contributed by atoms with Crippen LogP contribution in [0.25, 0.3) is 0 Å². The number of halogens is 1. The van der Waals surface area contributed by atoms with Crippen LogP contribution in [0.2, 0.25) is 5.02 Å². The van der Waals surface area contributed by atoms with Crippen LogP contribution in [-0.4, -0.2) is 11.9 Å². The van der Waals surface area contributed by atoms with Gasteiger partial charge in [-0.15, -0.1) is 0 Å².